The van der Waals surface area contributed by atoms with E-state index >= 15 is 0 Å². The largest absolute Gasteiger partial charge is 0.361 e. The molecule has 0 saturated heterocycles. The van der Waals surface area contributed by atoms with Crippen molar-refractivity contribution in [3.63, 3.8) is 0 Å². The molecular weight excluding hydrogens is 248 g/mol. The maximum atomic E-state index is 5.03. The van der Waals surface area contributed by atoms with Crippen LogP contribution in [0.3, 0.4) is 0 Å². The van der Waals surface area contributed by atoms with E-state index in [1.807, 2.05) is 30.5 Å². The Bertz CT molecular complexity index is 647. The van der Waals surface area contributed by atoms with Gasteiger partial charge >= 0.3 is 0 Å². The van der Waals surface area contributed by atoms with Gasteiger partial charge in [0.2, 0.25) is 0 Å². The molecule has 0 bridgehead atoms. The van der Waals surface area contributed by atoms with Crippen molar-refractivity contribution >= 4 is 22.3 Å². The average molecular weight is 258 g/mol. The maximum absolute atomic E-state index is 5.03. The van der Waals surface area contributed by atoms with E-state index in [2.05, 4.69) is 20.4 Å². The van der Waals surface area contributed by atoms with Gasteiger partial charge in [0.25, 0.3) is 0 Å². The van der Waals surface area contributed by atoms with Crippen LogP contribution in [0.15, 0.2) is 40.5 Å². The highest BCUT2D eigenvalue weighted by molar-refractivity contribution is 7.14. The zero-order chi connectivity index (χ0) is 12.4. The van der Waals surface area contributed by atoms with Crippen LogP contribution in [0.1, 0.15) is 5.76 Å². The highest BCUT2D eigenvalue weighted by atomic mass is 32.1. The van der Waals surface area contributed by atoms with Gasteiger partial charge in [0.1, 0.15) is 11.6 Å². The van der Waals surface area contributed by atoms with Gasteiger partial charge in [-0.25, -0.2) is 9.97 Å². The van der Waals surface area contributed by atoms with Gasteiger partial charge in [-0.3, -0.25) is 0 Å². The smallest absolute Gasteiger partial charge is 0.188 e. The summed E-state index contributed by atoms with van der Waals surface area (Å²) in [7, 11) is 0. The Hall–Kier alpha value is -2.21. The number of aryl methyl sites for hydroxylation is 1. The topological polar surface area (TPSA) is 63.8 Å². The minimum atomic E-state index is 0.768. The van der Waals surface area contributed by atoms with Crippen molar-refractivity contribution in [3.05, 3.63) is 41.7 Å². The fourth-order valence-electron chi connectivity index (χ4n) is 1.55. The third kappa shape index (κ3) is 2.10. The number of anilines is 2. The van der Waals surface area contributed by atoms with Crippen molar-refractivity contribution in [2.24, 2.45) is 0 Å². The molecule has 18 heavy (non-hydrogen) atoms. The molecule has 3 aromatic heterocycles. The molecule has 0 saturated carbocycles. The van der Waals surface area contributed by atoms with Crippen LogP contribution in [0.25, 0.3) is 11.3 Å². The molecule has 5 nitrogen and oxygen atoms in total. The number of hydrogen-bond donors (Lipinski definition) is 1. The first kappa shape index (κ1) is 10.9. The Kier molecular flexibility index (Phi) is 2.77. The standard InChI is InChI=1S/C12H10N4OS/c1-8-9(6-14-17-8)10-7-18-12(15-10)16-11-4-2-3-5-13-11/h2-7H,1H3,(H,13,15,16). The Morgan fingerprint density at radius 3 is 3.00 bits per heavy atom. The number of hydrogen-bond acceptors (Lipinski definition) is 6. The molecule has 0 fully saturated rings. The van der Waals surface area contributed by atoms with Crippen LogP contribution in [0.2, 0.25) is 0 Å². The Morgan fingerprint density at radius 1 is 1.33 bits per heavy atom. The van der Waals surface area contributed by atoms with E-state index in [4.69, 9.17) is 4.52 Å². The molecule has 3 heterocycles. The molecule has 3 aromatic rings. The zero-order valence-corrected chi connectivity index (χ0v) is 10.4. The number of nitrogens with zero attached hydrogens (tertiary/aromatic N) is 3. The van der Waals surface area contributed by atoms with Crippen LogP contribution >= 0.6 is 11.3 Å². The van der Waals surface area contributed by atoms with Crippen LogP contribution < -0.4 is 5.32 Å². The van der Waals surface area contributed by atoms with E-state index < -0.39 is 0 Å². The molecule has 0 aromatic carbocycles. The van der Waals surface area contributed by atoms with E-state index in [1.54, 1.807) is 12.4 Å². The van der Waals surface area contributed by atoms with Gasteiger partial charge in [-0.1, -0.05) is 11.2 Å². The first-order valence-electron chi connectivity index (χ1n) is 5.38. The zero-order valence-electron chi connectivity index (χ0n) is 9.62. The Morgan fingerprint density at radius 2 is 2.28 bits per heavy atom. The molecular formula is C12H10N4OS. The lowest BCUT2D eigenvalue weighted by Gasteiger charge is -1.99. The first-order chi connectivity index (χ1) is 8.83. The van der Waals surface area contributed by atoms with Crippen molar-refractivity contribution in [1.82, 2.24) is 15.1 Å². The minimum absolute atomic E-state index is 0.768. The molecule has 0 spiro atoms. The van der Waals surface area contributed by atoms with Crippen molar-refractivity contribution < 1.29 is 4.52 Å². The lowest BCUT2D eigenvalue weighted by molar-refractivity contribution is 0.398. The molecule has 0 atom stereocenters. The fourth-order valence-corrected chi connectivity index (χ4v) is 2.26. The number of thiazole rings is 1. The van der Waals surface area contributed by atoms with E-state index in [0.29, 0.717) is 0 Å². The van der Waals surface area contributed by atoms with Crippen molar-refractivity contribution in [1.29, 1.82) is 0 Å². The molecule has 90 valence electrons. The van der Waals surface area contributed by atoms with Crippen LogP contribution in [-0.2, 0) is 0 Å². The maximum Gasteiger partial charge on any atom is 0.188 e. The van der Waals surface area contributed by atoms with Crippen LogP contribution in [0.4, 0.5) is 10.9 Å². The Balaban J connectivity index is 1.84. The second kappa shape index (κ2) is 4.58. The van der Waals surface area contributed by atoms with Gasteiger partial charge in [0.05, 0.1) is 17.5 Å². The molecule has 0 amide bonds. The quantitative estimate of drug-likeness (QED) is 0.781. The number of aromatic nitrogens is 3. The van der Waals surface area contributed by atoms with Gasteiger partial charge in [0, 0.05) is 11.6 Å². The molecule has 1 N–H and O–H groups in total. The summed E-state index contributed by atoms with van der Waals surface area (Å²) in [5, 5.41) is 9.66. The summed E-state index contributed by atoms with van der Waals surface area (Å²) in [5.74, 6) is 1.55. The lowest BCUT2D eigenvalue weighted by atomic mass is 10.2. The monoisotopic (exact) mass is 258 g/mol. The average Bonchev–Trinajstić information content (AvgIpc) is 2.99. The van der Waals surface area contributed by atoms with Crippen LogP contribution in [0.5, 0.6) is 0 Å². The van der Waals surface area contributed by atoms with Crippen molar-refractivity contribution in [2.45, 2.75) is 6.92 Å². The van der Waals surface area contributed by atoms with Crippen LogP contribution in [-0.4, -0.2) is 15.1 Å². The third-order valence-corrected chi connectivity index (χ3v) is 3.19. The predicted octanol–water partition coefficient (Wildman–Crippen LogP) is 3.25. The SMILES string of the molecule is Cc1oncc1-c1csc(Nc2ccccn2)n1. The molecule has 0 aliphatic heterocycles. The van der Waals surface area contributed by atoms with Gasteiger partial charge in [-0.05, 0) is 19.1 Å². The lowest BCUT2D eigenvalue weighted by Crippen LogP contribution is -1.91. The highest BCUT2D eigenvalue weighted by Gasteiger charge is 2.10. The van der Waals surface area contributed by atoms with Gasteiger partial charge in [-0.15, -0.1) is 11.3 Å². The molecule has 0 radical (unpaired) electrons. The summed E-state index contributed by atoms with van der Waals surface area (Å²) in [6.45, 7) is 1.87. The van der Waals surface area contributed by atoms with Crippen molar-refractivity contribution in [3.8, 4) is 11.3 Å². The number of nitrogens with one attached hydrogen (secondary N) is 1. The third-order valence-electron chi connectivity index (χ3n) is 2.43. The number of rotatable bonds is 3. The summed E-state index contributed by atoms with van der Waals surface area (Å²) in [4.78, 5) is 8.66. The normalized spacial score (nSPS) is 10.5. The van der Waals surface area contributed by atoms with E-state index in [-0.39, 0.29) is 0 Å². The first-order valence-corrected chi connectivity index (χ1v) is 6.26. The summed E-state index contributed by atoms with van der Waals surface area (Å²) >= 11 is 1.52. The molecule has 0 unspecified atom stereocenters. The van der Waals surface area contributed by atoms with Crippen molar-refractivity contribution in [2.75, 3.05) is 5.32 Å². The molecule has 6 heteroatoms. The Labute approximate surface area is 108 Å². The summed E-state index contributed by atoms with van der Waals surface area (Å²) in [6, 6.07) is 5.69. The predicted molar refractivity (Wildman–Crippen MR) is 69.9 cm³/mol. The van der Waals surface area contributed by atoms with E-state index in [1.165, 1.54) is 11.3 Å². The summed E-state index contributed by atoms with van der Waals surface area (Å²) in [5.41, 5.74) is 1.78. The molecule has 0 aliphatic carbocycles. The summed E-state index contributed by atoms with van der Waals surface area (Å²) in [6.07, 6.45) is 3.41. The molecule has 3 rings (SSSR count). The van der Waals surface area contributed by atoms with Gasteiger partial charge in [-0.2, -0.15) is 0 Å². The molecule has 0 aliphatic rings. The van der Waals surface area contributed by atoms with E-state index in [9.17, 15) is 0 Å². The van der Waals surface area contributed by atoms with Gasteiger partial charge < -0.3 is 9.84 Å². The van der Waals surface area contributed by atoms with E-state index in [0.717, 1.165) is 28.0 Å². The van der Waals surface area contributed by atoms with Gasteiger partial charge in [0.15, 0.2) is 5.13 Å². The second-order valence-electron chi connectivity index (χ2n) is 3.67. The minimum Gasteiger partial charge on any atom is -0.361 e. The second-order valence-corrected chi connectivity index (χ2v) is 4.53. The van der Waals surface area contributed by atoms with Crippen LogP contribution in [0, 0.1) is 6.92 Å². The fraction of sp³-hybridized carbons (Fsp3) is 0.0833. The number of pyridine rings is 1. The highest BCUT2D eigenvalue weighted by Crippen LogP contribution is 2.28. The summed E-state index contributed by atoms with van der Waals surface area (Å²) < 4.78 is 5.03.